The Labute approximate surface area is 147 Å². The molecule has 0 fully saturated rings. The molecule has 0 spiro atoms. The number of aromatic amines is 1. The van der Waals surface area contributed by atoms with Crippen molar-refractivity contribution in [2.45, 2.75) is 6.92 Å². The van der Waals surface area contributed by atoms with Crippen LogP contribution in [0.4, 0.5) is 16.6 Å². The van der Waals surface area contributed by atoms with Gasteiger partial charge in [-0.3, -0.25) is 9.89 Å². The van der Waals surface area contributed by atoms with Crippen LogP contribution in [0.25, 0.3) is 10.9 Å². The van der Waals surface area contributed by atoms with E-state index in [-0.39, 0.29) is 5.91 Å². The fourth-order valence-corrected chi connectivity index (χ4v) is 3.07. The summed E-state index contributed by atoms with van der Waals surface area (Å²) >= 11 is 1.35. The minimum Gasteiger partial charge on any atom is -0.321 e. The van der Waals surface area contributed by atoms with Crippen LogP contribution in [-0.2, 0) is 0 Å². The van der Waals surface area contributed by atoms with Gasteiger partial charge in [-0.1, -0.05) is 6.07 Å². The fraction of sp³-hybridized carbons (Fsp3) is 0.0588. The number of carbonyl (C=O) groups is 1. The molecular weight excluding hydrogens is 336 g/mol. The highest BCUT2D eigenvalue weighted by Crippen LogP contribution is 2.21. The molecule has 0 atom stereocenters. The van der Waals surface area contributed by atoms with Crippen molar-refractivity contribution < 1.29 is 4.79 Å². The first kappa shape index (κ1) is 15.3. The number of amides is 1. The number of pyridine rings is 1. The first-order chi connectivity index (χ1) is 12.2. The number of benzene rings is 1. The quantitative estimate of drug-likeness (QED) is 0.521. The van der Waals surface area contributed by atoms with E-state index in [9.17, 15) is 4.79 Å². The van der Waals surface area contributed by atoms with Gasteiger partial charge in [0.15, 0.2) is 5.13 Å². The van der Waals surface area contributed by atoms with E-state index in [0.717, 1.165) is 16.6 Å². The van der Waals surface area contributed by atoms with E-state index < -0.39 is 0 Å². The molecule has 0 saturated carbocycles. The third-order valence-corrected chi connectivity index (χ3v) is 4.32. The van der Waals surface area contributed by atoms with E-state index >= 15 is 0 Å². The van der Waals surface area contributed by atoms with Crippen LogP contribution in [-0.4, -0.2) is 26.1 Å². The molecule has 0 aliphatic heterocycles. The summed E-state index contributed by atoms with van der Waals surface area (Å²) in [5, 5.41) is 16.1. The van der Waals surface area contributed by atoms with Gasteiger partial charge in [-0.05, 0) is 37.3 Å². The Hall–Kier alpha value is -3.26. The summed E-state index contributed by atoms with van der Waals surface area (Å²) in [6, 6.07) is 11.2. The molecule has 4 rings (SSSR count). The van der Waals surface area contributed by atoms with Crippen molar-refractivity contribution in [3.63, 3.8) is 0 Å². The zero-order valence-corrected chi connectivity index (χ0v) is 14.1. The lowest BCUT2D eigenvalue weighted by atomic mass is 10.2. The number of fused-ring (bicyclic) bond motifs is 1. The van der Waals surface area contributed by atoms with Crippen LogP contribution in [0, 0.1) is 6.92 Å². The molecule has 0 bridgehead atoms. The minimum absolute atomic E-state index is 0.264. The number of hydrogen-bond donors (Lipinski definition) is 3. The van der Waals surface area contributed by atoms with Gasteiger partial charge >= 0.3 is 0 Å². The average Bonchev–Trinajstić information content (AvgIpc) is 3.23. The number of nitrogens with zero attached hydrogens (tertiary/aromatic N) is 3. The van der Waals surface area contributed by atoms with Crippen LogP contribution in [0.2, 0.25) is 0 Å². The highest BCUT2D eigenvalue weighted by molar-refractivity contribution is 7.14. The maximum Gasteiger partial charge on any atom is 0.275 e. The van der Waals surface area contributed by atoms with Crippen molar-refractivity contribution in [1.29, 1.82) is 0 Å². The normalized spacial score (nSPS) is 10.8. The molecule has 0 aliphatic carbocycles. The van der Waals surface area contributed by atoms with Gasteiger partial charge in [-0.2, -0.15) is 5.10 Å². The van der Waals surface area contributed by atoms with Gasteiger partial charge in [-0.25, -0.2) is 9.97 Å². The highest BCUT2D eigenvalue weighted by atomic mass is 32.1. The van der Waals surface area contributed by atoms with Crippen molar-refractivity contribution in [2.75, 3.05) is 10.6 Å². The molecule has 4 aromatic rings. The Kier molecular flexibility index (Phi) is 3.87. The molecular formula is C17H14N6OS. The number of rotatable bonds is 4. The van der Waals surface area contributed by atoms with Crippen LogP contribution >= 0.6 is 11.3 Å². The van der Waals surface area contributed by atoms with Gasteiger partial charge in [0.05, 0.1) is 11.7 Å². The topological polar surface area (TPSA) is 95.6 Å². The summed E-state index contributed by atoms with van der Waals surface area (Å²) in [6.45, 7) is 1.92. The highest BCUT2D eigenvalue weighted by Gasteiger charge is 2.12. The summed E-state index contributed by atoms with van der Waals surface area (Å²) in [5.41, 5.74) is 2.81. The Morgan fingerprint density at radius 2 is 2.12 bits per heavy atom. The lowest BCUT2D eigenvalue weighted by Gasteiger charge is -2.03. The average molecular weight is 350 g/mol. The van der Waals surface area contributed by atoms with E-state index in [1.54, 1.807) is 11.6 Å². The zero-order chi connectivity index (χ0) is 17.2. The van der Waals surface area contributed by atoms with Gasteiger partial charge in [-0.15, -0.1) is 11.3 Å². The van der Waals surface area contributed by atoms with Crippen molar-refractivity contribution in [3.05, 3.63) is 59.4 Å². The second-order valence-electron chi connectivity index (χ2n) is 5.45. The maximum atomic E-state index is 12.4. The van der Waals surface area contributed by atoms with Crippen molar-refractivity contribution in [3.8, 4) is 0 Å². The summed E-state index contributed by atoms with van der Waals surface area (Å²) in [7, 11) is 0. The summed E-state index contributed by atoms with van der Waals surface area (Å²) < 4.78 is 0. The van der Waals surface area contributed by atoms with E-state index in [4.69, 9.17) is 0 Å². The molecule has 25 heavy (non-hydrogen) atoms. The fourth-order valence-electron chi connectivity index (χ4n) is 2.37. The Bertz CT molecular complexity index is 1050. The molecule has 3 aromatic heterocycles. The molecule has 8 heteroatoms. The number of thiazole rings is 1. The number of hydrogen-bond acceptors (Lipinski definition) is 6. The molecule has 124 valence electrons. The smallest absolute Gasteiger partial charge is 0.275 e. The molecule has 0 aliphatic rings. The van der Waals surface area contributed by atoms with Crippen LogP contribution < -0.4 is 10.6 Å². The molecule has 3 N–H and O–H groups in total. The Morgan fingerprint density at radius 1 is 1.20 bits per heavy atom. The third kappa shape index (κ3) is 3.33. The number of carbonyl (C=O) groups excluding carboxylic acids is 1. The first-order valence-electron chi connectivity index (χ1n) is 7.58. The van der Waals surface area contributed by atoms with Crippen molar-refractivity contribution >= 4 is 44.8 Å². The summed E-state index contributed by atoms with van der Waals surface area (Å²) in [4.78, 5) is 21.1. The molecule has 1 aromatic carbocycles. The lowest BCUT2D eigenvalue weighted by Crippen LogP contribution is -2.12. The molecule has 1 amide bonds. The predicted octanol–water partition coefficient (Wildman–Crippen LogP) is 3.72. The minimum atomic E-state index is -0.264. The van der Waals surface area contributed by atoms with Crippen LogP contribution in [0.3, 0.4) is 0 Å². The first-order valence-corrected chi connectivity index (χ1v) is 8.46. The van der Waals surface area contributed by atoms with E-state index in [1.165, 1.54) is 11.3 Å². The summed E-state index contributed by atoms with van der Waals surface area (Å²) in [5.74, 6) is 0.436. The van der Waals surface area contributed by atoms with Gasteiger partial charge in [0, 0.05) is 22.1 Å². The van der Waals surface area contributed by atoms with Gasteiger partial charge in [0.1, 0.15) is 11.5 Å². The van der Waals surface area contributed by atoms with Crippen LogP contribution in [0.1, 0.15) is 16.2 Å². The molecule has 0 radical (unpaired) electrons. The summed E-state index contributed by atoms with van der Waals surface area (Å²) in [6.07, 6.45) is 1.73. The van der Waals surface area contributed by atoms with Gasteiger partial charge < -0.3 is 10.6 Å². The van der Waals surface area contributed by atoms with E-state index in [0.29, 0.717) is 22.3 Å². The van der Waals surface area contributed by atoms with Crippen molar-refractivity contribution in [2.24, 2.45) is 0 Å². The number of nitrogens with one attached hydrogen (secondary N) is 3. The number of aryl methyl sites for hydroxylation is 1. The Morgan fingerprint density at radius 3 is 3.00 bits per heavy atom. The number of aromatic nitrogens is 4. The van der Waals surface area contributed by atoms with Crippen LogP contribution in [0.5, 0.6) is 0 Å². The van der Waals surface area contributed by atoms with E-state index in [1.807, 2.05) is 43.3 Å². The second-order valence-corrected chi connectivity index (χ2v) is 6.31. The second kappa shape index (κ2) is 6.33. The van der Waals surface area contributed by atoms with Gasteiger partial charge in [0.2, 0.25) is 0 Å². The Balaban J connectivity index is 1.48. The monoisotopic (exact) mass is 350 g/mol. The predicted molar refractivity (Wildman–Crippen MR) is 98.4 cm³/mol. The number of H-pyrrole nitrogens is 1. The number of anilines is 3. The molecule has 0 saturated heterocycles. The SMILES string of the molecule is Cc1cccc(Nc2nc(C(=O)Nc3ccc4cn[nH]c4c3)cs2)n1. The van der Waals surface area contributed by atoms with Crippen LogP contribution in [0.15, 0.2) is 48.0 Å². The molecule has 0 unspecified atom stereocenters. The maximum absolute atomic E-state index is 12.4. The lowest BCUT2D eigenvalue weighted by molar-refractivity contribution is 0.102. The largest absolute Gasteiger partial charge is 0.321 e. The molecule has 7 nitrogen and oxygen atoms in total. The zero-order valence-electron chi connectivity index (χ0n) is 13.3. The molecule has 3 heterocycles. The van der Waals surface area contributed by atoms with Gasteiger partial charge in [0.25, 0.3) is 5.91 Å². The third-order valence-electron chi connectivity index (χ3n) is 3.56. The standard InChI is InChI=1S/C17H14N6OS/c1-10-3-2-4-15(19-10)22-17-21-14(9-25-17)16(24)20-12-6-5-11-8-18-23-13(11)7-12/h2-9H,1H3,(H,18,23)(H,20,24)(H,19,21,22). The van der Waals surface area contributed by atoms with Crippen molar-refractivity contribution in [1.82, 2.24) is 20.2 Å². The van der Waals surface area contributed by atoms with E-state index in [2.05, 4.69) is 30.8 Å².